The Labute approximate surface area is 146 Å². The minimum Gasteiger partial charge on any atom is -0.384 e. The molecule has 2 rings (SSSR count). The van der Waals surface area contributed by atoms with E-state index in [1.807, 2.05) is 42.2 Å². The van der Waals surface area contributed by atoms with Gasteiger partial charge < -0.3 is 10.2 Å². The fraction of sp³-hybridized carbons (Fsp3) is 0.316. The topological polar surface area (TPSA) is 32.3 Å². The van der Waals surface area contributed by atoms with Gasteiger partial charge >= 0.3 is 0 Å². The maximum atomic E-state index is 12.4. The van der Waals surface area contributed by atoms with Gasteiger partial charge in [0.25, 0.3) is 0 Å². The van der Waals surface area contributed by atoms with E-state index in [1.165, 1.54) is 11.1 Å². The van der Waals surface area contributed by atoms with E-state index < -0.39 is 0 Å². The van der Waals surface area contributed by atoms with Crippen molar-refractivity contribution < 1.29 is 4.79 Å². The predicted octanol–water partition coefficient (Wildman–Crippen LogP) is 4.61. The highest BCUT2D eigenvalue weighted by atomic mass is 79.9. The zero-order chi connectivity index (χ0) is 16.7. The van der Waals surface area contributed by atoms with Crippen molar-refractivity contribution in [2.75, 3.05) is 18.4 Å². The Balaban J connectivity index is 1.85. The molecule has 0 unspecified atom stereocenters. The molecule has 122 valence electrons. The van der Waals surface area contributed by atoms with Gasteiger partial charge in [0.05, 0.1) is 0 Å². The van der Waals surface area contributed by atoms with E-state index in [4.69, 9.17) is 0 Å². The van der Waals surface area contributed by atoms with E-state index in [-0.39, 0.29) is 5.91 Å². The molecule has 1 N–H and O–H groups in total. The number of nitrogens with one attached hydrogen (secondary N) is 1. The summed E-state index contributed by atoms with van der Waals surface area (Å²) in [4.78, 5) is 14.3. The van der Waals surface area contributed by atoms with Crippen LogP contribution in [0.3, 0.4) is 0 Å². The largest absolute Gasteiger partial charge is 0.384 e. The average molecular weight is 375 g/mol. The normalized spacial score (nSPS) is 10.4. The number of carbonyl (C=O) groups excluding carboxylic acids is 1. The molecule has 0 saturated heterocycles. The van der Waals surface area contributed by atoms with Gasteiger partial charge in [-0.2, -0.15) is 0 Å². The van der Waals surface area contributed by atoms with Crippen LogP contribution in [0, 0.1) is 6.92 Å². The van der Waals surface area contributed by atoms with Crippen molar-refractivity contribution in [2.24, 2.45) is 0 Å². The molecular formula is C19H23BrN2O. The summed E-state index contributed by atoms with van der Waals surface area (Å²) < 4.78 is 1.07. The summed E-state index contributed by atoms with van der Waals surface area (Å²) in [7, 11) is 0. The first-order valence-corrected chi connectivity index (χ1v) is 8.71. The maximum Gasteiger partial charge on any atom is 0.224 e. The van der Waals surface area contributed by atoms with E-state index in [0.717, 1.165) is 16.7 Å². The minimum absolute atomic E-state index is 0.179. The lowest BCUT2D eigenvalue weighted by Gasteiger charge is -2.21. The summed E-state index contributed by atoms with van der Waals surface area (Å²) in [6.07, 6.45) is 0.496. The van der Waals surface area contributed by atoms with Crippen molar-refractivity contribution in [3.63, 3.8) is 0 Å². The second-order valence-electron chi connectivity index (χ2n) is 5.53. The Morgan fingerprint density at radius 2 is 1.91 bits per heavy atom. The molecule has 0 spiro atoms. The van der Waals surface area contributed by atoms with Gasteiger partial charge in [-0.25, -0.2) is 0 Å². The fourth-order valence-corrected chi connectivity index (χ4v) is 2.94. The quantitative estimate of drug-likeness (QED) is 0.767. The Morgan fingerprint density at radius 3 is 2.57 bits per heavy atom. The summed E-state index contributed by atoms with van der Waals surface area (Å²) in [5.74, 6) is 0.179. The second-order valence-corrected chi connectivity index (χ2v) is 6.45. The van der Waals surface area contributed by atoms with Crippen molar-refractivity contribution in [1.82, 2.24) is 4.90 Å². The van der Waals surface area contributed by atoms with Crippen molar-refractivity contribution in [3.8, 4) is 0 Å². The van der Waals surface area contributed by atoms with E-state index in [9.17, 15) is 4.79 Å². The standard InChI is InChI=1S/C19H23BrN2O/c1-3-22(14-16-7-5-4-6-8-16)19(23)11-12-21-18-10-9-17(20)13-15(18)2/h4-10,13,21H,3,11-12,14H2,1-2H3. The SMILES string of the molecule is CCN(Cc1ccccc1)C(=O)CCNc1ccc(Br)cc1C. The van der Waals surface area contributed by atoms with Crippen LogP contribution in [0.5, 0.6) is 0 Å². The predicted molar refractivity (Wildman–Crippen MR) is 99.5 cm³/mol. The Morgan fingerprint density at radius 1 is 1.17 bits per heavy atom. The third kappa shape index (κ3) is 5.39. The molecule has 3 nitrogen and oxygen atoms in total. The van der Waals surface area contributed by atoms with Gasteiger partial charge in [0.2, 0.25) is 5.91 Å². The number of hydrogen-bond donors (Lipinski definition) is 1. The third-order valence-corrected chi connectivity index (χ3v) is 4.29. The molecule has 2 aromatic carbocycles. The Bertz CT molecular complexity index is 643. The van der Waals surface area contributed by atoms with Crippen LogP contribution in [0.4, 0.5) is 5.69 Å². The van der Waals surface area contributed by atoms with Gasteiger partial charge in [-0.05, 0) is 43.2 Å². The summed E-state index contributed by atoms with van der Waals surface area (Å²) in [6, 6.07) is 16.2. The molecule has 0 atom stereocenters. The van der Waals surface area contributed by atoms with Crippen molar-refractivity contribution in [3.05, 3.63) is 64.1 Å². The lowest BCUT2D eigenvalue weighted by atomic mass is 10.2. The number of amides is 1. The molecule has 0 aliphatic heterocycles. The van der Waals surface area contributed by atoms with E-state index in [2.05, 4.69) is 46.4 Å². The summed E-state index contributed by atoms with van der Waals surface area (Å²) >= 11 is 3.46. The molecule has 0 aromatic heterocycles. The zero-order valence-electron chi connectivity index (χ0n) is 13.7. The van der Waals surface area contributed by atoms with Gasteiger partial charge in [-0.15, -0.1) is 0 Å². The molecule has 0 aliphatic carbocycles. The Kier molecular flexibility index (Phi) is 6.66. The smallest absolute Gasteiger partial charge is 0.224 e. The van der Waals surface area contributed by atoms with Gasteiger partial charge in [0, 0.05) is 36.2 Å². The van der Waals surface area contributed by atoms with Crippen LogP contribution >= 0.6 is 15.9 Å². The molecule has 0 radical (unpaired) electrons. The van der Waals surface area contributed by atoms with Crippen molar-refractivity contribution >= 4 is 27.5 Å². The molecule has 0 bridgehead atoms. The third-order valence-electron chi connectivity index (χ3n) is 3.79. The minimum atomic E-state index is 0.179. The lowest BCUT2D eigenvalue weighted by Crippen LogP contribution is -2.31. The molecule has 2 aromatic rings. The molecule has 4 heteroatoms. The fourth-order valence-electron chi connectivity index (χ4n) is 2.47. The van der Waals surface area contributed by atoms with Crippen LogP contribution in [0.15, 0.2) is 53.0 Å². The van der Waals surface area contributed by atoms with E-state index in [1.54, 1.807) is 0 Å². The van der Waals surface area contributed by atoms with Crippen LogP contribution in [0.25, 0.3) is 0 Å². The molecule has 0 saturated carbocycles. The average Bonchev–Trinajstić information content (AvgIpc) is 2.55. The molecule has 1 amide bonds. The molecule has 0 fully saturated rings. The van der Waals surface area contributed by atoms with Crippen molar-refractivity contribution in [1.29, 1.82) is 0 Å². The van der Waals surface area contributed by atoms with Crippen LogP contribution in [0.1, 0.15) is 24.5 Å². The first kappa shape index (κ1) is 17.5. The van der Waals surface area contributed by atoms with Crippen LogP contribution in [-0.4, -0.2) is 23.9 Å². The second kappa shape index (κ2) is 8.73. The number of rotatable bonds is 7. The van der Waals surface area contributed by atoms with Gasteiger partial charge in [-0.1, -0.05) is 46.3 Å². The number of hydrogen-bond acceptors (Lipinski definition) is 2. The summed E-state index contributed by atoms with van der Waals surface area (Å²) in [5, 5.41) is 3.35. The highest BCUT2D eigenvalue weighted by molar-refractivity contribution is 9.10. The van der Waals surface area contributed by atoms with Crippen LogP contribution in [-0.2, 0) is 11.3 Å². The zero-order valence-corrected chi connectivity index (χ0v) is 15.3. The molecular weight excluding hydrogens is 352 g/mol. The molecule has 0 aliphatic rings. The summed E-state index contributed by atoms with van der Waals surface area (Å²) in [5.41, 5.74) is 3.41. The number of benzene rings is 2. The van der Waals surface area contributed by atoms with Gasteiger partial charge in [0.15, 0.2) is 0 Å². The molecule has 0 heterocycles. The van der Waals surface area contributed by atoms with E-state index >= 15 is 0 Å². The number of halogens is 1. The van der Waals surface area contributed by atoms with Crippen LogP contribution < -0.4 is 5.32 Å². The first-order chi connectivity index (χ1) is 11.1. The number of nitrogens with zero attached hydrogens (tertiary/aromatic N) is 1. The van der Waals surface area contributed by atoms with Crippen molar-refractivity contribution in [2.45, 2.75) is 26.8 Å². The van der Waals surface area contributed by atoms with E-state index in [0.29, 0.717) is 19.5 Å². The first-order valence-electron chi connectivity index (χ1n) is 7.92. The van der Waals surface area contributed by atoms with Gasteiger partial charge in [0.1, 0.15) is 0 Å². The van der Waals surface area contributed by atoms with Crippen LogP contribution in [0.2, 0.25) is 0 Å². The summed E-state index contributed by atoms with van der Waals surface area (Å²) in [6.45, 7) is 6.13. The van der Waals surface area contributed by atoms with Gasteiger partial charge in [-0.3, -0.25) is 4.79 Å². The monoisotopic (exact) mass is 374 g/mol. The Hall–Kier alpha value is -1.81. The molecule has 23 heavy (non-hydrogen) atoms. The lowest BCUT2D eigenvalue weighted by molar-refractivity contribution is -0.131. The number of anilines is 1. The number of carbonyl (C=O) groups is 1. The number of aryl methyl sites for hydroxylation is 1. The highest BCUT2D eigenvalue weighted by Crippen LogP contribution is 2.20. The highest BCUT2D eigenvalue weighted by Gasteiger charge is 2.11. The maximum absolute atomic E-state index is 12.4.